The third kappa shape index (κ3) is 2.18. The van der Waals surface area contributed by atoms with Gasteiger partial charge in [-0.05, 0) is 30.3 Å². The van der Waals surface area contributed by atoms with Crippen LogP contribution in [0.25, 0.3) is 11.1 Å². The molecule has 1 aromatic heterocycles. The predicted octanol–water partition coefficient (Wildman–Crippen LogP) is 2.21. The number of nitrogen functional groups attached to an aromatic ring is 1. The molecule has 2 rings (SSSR count). The molecule has 0 aliphatic rings. The van der Waals surface area contributed by atoms with Gasteiger partial charge in [0.25, 0.3) is 0 Å². The fourth-order valence-electron chi connectivity index (χ4n) is 1.57. The summed E-state index contributed by atoms with van der Waals surface area (Å²) in [5, 5.41) is 8.89. The molecule has 0 aliphatic heterocycles. The highest BCUT2D eigenvalue weighted by atomic mass is 16.5. The van der Waals surface area contributed by atoms with E-state index in [1.54, 1.807) is 37.6 Å². The molecule has 0 radical (unpaired) electrons. The zero-order valence-corrected chi connectivity index (χ0v) is 9.34. The summed E-state index contributed by atoms with van der Waals surface area (Å²) in [5.74, 6) is 1.17. The van der Waals surface area contributed by atoms with Crippen LogP contribution in [0.2, 0.25) is 0 Å². The molecule has 84 valence electrons. The maximum absolute atomic E-state index is 8.89. The summed E-state index contributed by atoms with van der Waals surface area (Å²) in [5.41, 5.74) is 7.82. The van der Waals surface area contributed by atoms with Crippen LogP contribution in [0.4, 0.5) is 5.82 Å². The van der Waals surface area contributed by atoms with Gasteiger partial charge in [0, 0.05) is 17.3 Å². The standard InChI is InChI=1S/C13H11N3O/c1-17-12-4-2-9(7-14)6-11(12)10-3-5-13(15)16-8-10/h2-6,8H,1H3,(H2,15,16). The molecule has 0 unspecified atom stereocenters. The molecule has 0 saturated heterocycles. The summed E-state index contributed by atoms with van der Waals surface area (Å²) in [4.78, 5) is 4.03. The molecule has 0 spiro atoms. The molecule has 1 aromatic carbocycles. The van der Waals surface area contributed by atoms with E-state index in [-0.39, 0.29) is 0 Å². The number of rotatable bonds is 2. The van der Waals surface area contributed by atoms with E-state index < -0.39 is 0 Å². The van der Waals surface area contributed by atoms with Crippen LogP contribution in [0.5, 0.6) is 5.75 Å². The second kappa shape index (κ2) is 4.54. The Labute approximate surface area is 99.3 Å². The first-order chi connectivity index (χ1) is 8.24. The molecular formula is C13H11N3O. The SMILES string of the molecule is COc1ccc(C#N)cc1-c1ccc(N)nc1. The van der Waals surface area contributed by atoms with Gasteiger partial charge < -0.3 is 10.5 Å². The minimum atomic E-state index is 0.462. The van der Waals surface area contributed by atoms with Gasteiger partial charge in [-0.3, -0.25) is 0 Å². The average Bonchev–Trinajstić information content (AvgIpc) is 2.39. The van der Waals surface area contributed by atoms with E-state index in [0.717, 1.165) is 11.1 Å². The lowest BCUT2D eigenvalue weighted by Crippen LogP contribution is -1.92. The number of benzene rings is 1. The highest BCUT2D eigenvalue weighted by Crippen LogP contribution is 2.30. The number of hydrogen-bond donors (Lipinski definition) is 1. The number of nitrogens with two attached hydrogens (primary N) is 1. The molecule has 1 heterocycles. The Morgan fingerprint density at radius 3 is 2.71 bits per heavy atom. The highest BCUT2D eigenvalue weighted by molar-refractivity contribution is 5.72. The molecule has 4 nitrogen and oxygen atoms in total. The zero-order valence-electron chi connectivity index (χ0n) is 9.34. The number of anilines is 1. The van der Waals surface area contributed by atoms with Gasteiger partial charge in [-0.1, -0.05) is 0 Å². The molecular weight excluding hydrogens is 214 g/mol. The molecule has 0 aliphatic carbocycles. The van der Waals surface area contributed by atoms with Crippen LogP contribution >= 0.6 is 0 Å². The minimum absolute atomic E-state index is 0.462. The molecule has 0 amide bonds. The van der Waals surface area contributed by atoms with Crippen molar-refractivity contribution in [1.82, 2.24) is 4.98 Å². The smallest absolute Gasteiger partial charge is 0.126 e. The fourth-order valence-corrected chi connectivity index (χ4v) is 1.57. The monoisotopic (exact) mass is 225 g/mol. The number of methoxy groups -OCH3 is 1. The summed E-state index contributed by atoms with van der Waals surface area (Å²) >= 11 is 0. The van der Waals surface area contributed by atoms with Crippen molar-refractivity contribution < 1.29 is 4.74 Å². The summed E-state index contributed by atoms with van der Waals surface area (Å²) in [6.07, 6.45) is 1.66. The molecule has 0 bridgehead atoms. The molecule has 0 atom stereocenters. The van der Waals surface area contributed by atoms with E-state index in [4.69, 9.17) is 15.7 Å². The molecule has 0 fully saturated rings. The summed E-state index contributed by atoms with van der Waals surface area (Å²) < 4.78 is 5.26. The predicted molar refractivity (Wildman–Crippen MR) is 65.4 cm³/mol. The van der Waals surface area contributed by atoms with E-state index in [0.29, 0.717) is 17.1 Å². The van der Waals surface area contributed by atoms with Crippen LogP contribution in [0.3, 0.4) is 0 Å². The quantitative estimate of drug-likeness (QED) is 0.850. The number of ether oxygens (including phenoxy) is 1. The lowest BCUT2D eigenvalue weighted by molar-refractivity contribution is 0.416. The van der Waals surface area contributed by atoms with Crippen molar-refractivity contribution in [3.8, 4) is 22.9 Å². The highest BCUT2D eigenvalue weighted by Gasteiger charge is 2.07. The summed E-state index contributed by atoms with van der Waals surface area (Å²) in [7, 11) is 1.59. The van der Waals surface area contributed by atoms with Gasteiger partial charge in [-0.15, -0.1) is 0 Å². The first-order valence-corrected chi connectivity index (χ1v) is 5.04. The van der Waals surface area contributed by atoms with Crippen molar-refractivity contribution in [2.45, 2.75) is 0 Å². The Morgan fingerprint density at radius 1 is 1.29 bits per heavy atom. The maximum atomic E-state index is 8.89. The lowest BCUT2D eigenvalue weighted by Gasteiger charge is -2.08. The van der Waals surface area contributed by atoms with Crippen molar-refractivity contribution in [2.75, 3.05) is 12.8 Å². The number of nitrogens with zero attached hydrogens (tertiary/aromatic N) is 2. The lowest BCUT2D eigenvalue weighted by atomic mass is 10.0. The van der Waals surface area contributed by atoms with Crippen LogP contribution in [0, 0.1) is 11.3 Å². The Hall–Kier alpha value is -2.54. The van der Waals surface area contributed by atoms with E-state index in [1.165, 1.54) is 0 Å². The van der Waals surface area contributed by atoms with Crippen LogP contribution in [0.1, 0.15) is 5.56 Å². The van der Waals surface area contributed by atoms with Crippen LogP contribution < -0.4 is 10.5 Å². The van der Waals surface area contributed by atoms with Crippen LogP contribution in [-0.4, -0.2) is 12.1 Å². The number of pyridine rings is 1. The Balaban J connectivity index is 2.56. The Kier molecular flexibility index (Phi) is 2.93. The van der Waals surface area contributed by atoms with Gasteiger partial charge in [0.15, 0.2) is 0 Å². The van der Waals surface area contributed by atoms with Crippen molar-refractivity contribution in [2.24, 2.45) is 0 Å². The van der Waals surface area contributed by atoms with E-state index in [1.807, 2.05) is 6.07 Å². The van der Waals surface area contributed by atoms with Crippen molar-refractivity contribution in [3.05, 3.63) is 42.1 Å². The van der Waals surface area contributed by atoms with Gasteiger partial charge in [0.2, 0.25) is 0 Å². The van der Waals surface area contributed by atoms with Gasteiger partial charge in [0.1, 0.15) is 11.6 Å². The summed E-state index contributed by atoms with van der Waals surface area (Å²) in [6.45, 7) is 0. The maximum Gasteiger partial charge on any atom is 0.126 e. The van der Waals surface area contributed by atoms with Gasteiger partial charge in [-0.2, -0.15) is 5.26 Å². The van der Waals surface area contributed by atoms with Gasteiger partial charge in [-0.25, -0.2) is 4.98 Å². The van der Waals surface area contributed by atoms with Crippen LogP contribution in [0.15, 0.2) is 36.5 Å². The topological polar surface area (TPSA) is 71.9 Å². The third-order valence-electron chi connectivity index (χ3n) is 2.43. The molecule has 4 heteroatoms. The van der Waals surface area contributed by atoms with Gasteiger partial charge >= 0.3 is 0 Å². The number of hydrogen-bond acceptors (Lipinski definition) is 4. The van der Waals surface area contributed by atoms with E-state index >= 15 is 0 Å². The van der Waals surface area contributed by atoms with Crippen molar-refractivity contribution >= 4 is 5.82 Å². The first kappa shape index (κ1) is 11.0. The second-order valence-corrected chi connectivity index (χ2v) is 3.50. The second-order valence-electron chi connectivity index (χ2n) is 3.50. The van der Waals surface area contributed by atoms with Crippen LogP contribution in [-0.2, 0) is 0 Å². The zero-order chi connectivity index (χ0) is 12.3. The molecule has 0 saturated carbocycles. The first-order valence-electron chi connectivity index (χ1n) is 5.04. The molecule has 2 N–H and O–H groups in total. The largest absolute Gasteiger partial charge is 0.496 e. The summed E-state index contributed by atoms with van der Waals surface area (Å²) in [6, 6.07) is 10.9. The Bertz CT molecular complexity index is 570. The number of aromatic nitrogens is 1. The molecule has 2 aromatic rings. The van der Waals surface area contributed by atoms with Crippen molar-refractivity contribution in [1.29, 1.82) is 5.26 Å². The number of nitriles is 1. The van der Waals surface area contributed by atoms with Crippen molar-refractivity contribution in [3.63, 3.8) is 0 Å². The fraction of sp³-hybridized carbons (Fsp3) is 0.0769. The Morgan fingerprint density at radius 2 is 2.12 bits per heavy atom. The normalized spacial score (nSPS) is 9.65. The third-order valence-corrected chi connectivity index (χ3v) is 2.43. The van der Waals surface area contributed by atoms with E-state index in [9.17, 15) is 0 Å². The average molecular weight is 225 g/mol. The minimum Gasteiger partial charge on any atom is -0.496 e. The van der Waals surface area contributed by atoms with Gasteiger partial charge in [0.05, 0.1) is 18.7 Å². The molecule has 17 heavy (non-hydrogen) atoms. The van der Waals surface area contributed by atoms with E-state index in [2.05, 4.69) is 11.1 Å².